The van der Waals surface area contributed by atoms with E-state index in [4.69, 9.17) is 5.11 Å². The molecule has 0 bridgehead atoms. The van der Waals surface area contributed by atoms with Crippen LogP contribution in [0.5, 0.6) is 0 Å². The van der Waals surface area contributed by atoms with Gasteiger partial charge in [0.1, 0.15) is 9.77 Å². The van der Waals surface area contributed by atoms with Crippen molar-refractivity contribution in [3.8, 4) is 0 Å². The minimum atomic E-state index is -4.01. The Labute approximate surface area is 127 Å². The maximum Gasteiger partial charge on any atom is 0.347 e. The van der Waals surface area contributed by atoms with Crippen LogP contribution in [0, 0.1) is 0 Å². The molecule has 7 nitrogen and oxygen atoms in total. The average Bonchev–Trinajstić information content (AvgIpc) is 2.84. The Morgan fingerprint density at radius 2 is 2.05 bits per heavy atom. The van der Waals surface area contributed by atoms with Crippen molar-refractivity contribution >= 4 is 33.2 Å². The fourth-order valence-electron chi connectivity index (χ4n) is 1.69. The number of sulfonamides is 1. The van der Waals surface area contributed by atoms with Crippen molar-refractivity contribution in [2.75, 3.05) is 13.1 Å². The largest absolute Gasteiger partial charge is 0.477 e. The van der Waals surface area contributed by atoms with E-state index >= 15 is 0 Å². The Balaban J connectivity index is 3.05. The van der Waals surface area contributed by atoms with Crippen LogP contribution in [0.1, 0.15) is 30.4 Å². The Kier molecular flexibility index (Phi) is 5.87. The number of likely N-dealkylation sites (N-methyl/N-ethyl adjacent to an activating group) is 1. The van der Waals surface area contributed by atoms with Crippen LogP contribution in [0.3, 0.4) is 0 Å². The minimum absolute atomic E-state index is 0.0722. The second kappa shape index (κ2) is 7.01. The summed E-state index contributed by atoms with van der Waals surface area (Å²) in [4.78, 5) is 22.3. The summed E-state index contributed by atoms with van der Waals surface area (Å²) in [7, 11) is -4.01. The molecule has 0 aliphatic heterocycles. The molecule has 0 aromatic carbocycles. The number of aromatic carboxylic acids is 1. The number of nitrogens with zero attached hydrogens (tertiary/aromatic N) is 1. The Bertz CT molecular complexity index is 621. The normalized spacial score (nSPS) is 11.9. The number of thiophene rings is 1. The molecular formula is C12H18N2O5S2. The maximum absolute atomic E-state index is 12.5. The fourth-order valence-corrected chi connectivity index (χ4v) is 4.33. The SMILES string of the molecule is CCN(CC(=O)NC(C)C)S(=O)(=O)c1ccsc1C(=O)O. The Morgan fingerprint density at radius 1 is 1.43 bits per heavy atom. The number of carboxylic acid groups (broad SMARTS) is 1. The van der Waals surface area contributed by atoms with E-state index in [0.29, 0.717) is 0 Å². The van der Waals surface area contributed by atoms with E-state index in [0.717, 1.165) is 15.6 Å². The van der Waals surface area contributed by atoms with E-state index in [1.165, 1.54) is 11.4 Å². The first-order chi connectivity index (χ1) is 9.70. The van der Waals surface area contributed by atoms with Gasteiger partial charge in [-0.05, 0) is 25.3 Å². The molecule has 9 heteroatoms. The summed E-state index contributed by atoms with van der Waals surface area (Å²) in [5.41, 5.74) is 0. The molecule has 0 spiro atoms. The summed E-state index contributed by atoms with van der Waals surface area (Å²) < 4.78 is 25.9. The van der Waals surface area contributed by atoms with Crippen LogP contribution < -0.4 is 5.32 Å². The number of amides is 1. The van der Waals surface area contributed by atoms with Crippen LogP contribution in [-0.2, 0) is 14.8 Å². The van der Waals surface area contributed by atoms with Gasteiger partial charge < -0.3 is 10.4 Å². The van der Waals surface area contributed by atoms with Crippen LogP contribution in [0.15, 0.2) is 16.3 Å². The van der Waals surface area contributed by atoms with E-state index in [2.05, 4.69) is 5.32 Å². The number of hydrogen-bond donors (Lipinski definition) is 2. The zero-order chi connectivity index (χ0) is 16.2. The number of nitrogens with one attached hydrogen (secondary N) is 1. The summed E-state index contributed by atoms with van der Waals surface area (Å²) in [6.45, 7) is 4.86. The van der Waals surface area contributed by atoms with Crippen LogP contribution in [0.4, 0.5) is 0 Å². The molecule has 0 fully saturated rings. The monoisotopic (exact) mass is 334 g/mol. The molecule has 0 aliphatic rings. The van der Waals surface area contributed by atoms with Crippen molar-refractivity contribution in [1.29, 1.82) is 0 Å². The smallest absolute Gasteiger partial charge is 0.347 e. The molecule has 118 valence electrons. The third-order valence-corrected chi connectivity index (χ3v) is 5.56. The Morgan fingerprint density at radius 3 is 2.52 bits per heavy atom. The van der Waals surface area contributed by atoms with Gasteiger partial charge in [-0.15, -0.1) is 11.3 Å². The van der Waals surface area contributed by atoms with Gasteiger partial charge in [0, 0.05) is 12.6 Å². The summed E-state index contributed by atoms with van der Waals surface area (Å²) >= 11 is 0.836. The quantitative estimate of drug-likeness (QED) is 0.773. The highest BCUT2D eigenvalue weighted by Gasteiger charge is 2.30. The minimum Gasteiger partial charge on any atom is -0.477 e. The van der Waals surface area contributed by atoms with Crippen molar-refractivity contribution in [2.45, 2.75) is 31.7 Å². The molecule has 1 rings (SSSR count). The first kappa shape index (κ1) is 17.6. The highest BCUT2D eigenvalue weighted by Crippen LogP contribution is 2.25. The number of hydrogen-bond acceptors (Lipinski definition) is 5. The van der Waals surface area contributed by atoms with Gasteiger partial charge in [0.25, 0.3) is 0 Å². The van der Waals surface area contributed by atoms with Crippen molar-refractivity contribution in [3.05, 3.63) is 16.3 Å². The van der Waals surface area contributed by atoms with Crippen molar-refractivity contribution in [1.82, 2.24) is 9.62 Å². The van der Waals surface area contributed by atoms with Crippen molar-refractivity contribution in [2.24, 2.45) is 0 Å². The number of carbonyl (C=O) groups excluding carboxylic acids is 1. The third kappa shape index (κ3) is 4.26. The molecule has 0 aliphatic carbocycles. The van der Waals surface area contributed by atoms with E-state index in [-0.39, 0.29) is 28.9 Å². The molecule has 1 aromatic rings. The number of carbonyl (C=O) groups is 2. The molecule has 2 N–H and O–H groups in total. The molecule has 1 aromatic heterocycles. The molecule has 1 heterocycles. The molecular weight excluding hydrogens is 316 g/mol. The standard InChI is InChI=1S/C12H18N2O5S2/c1-4-14(7-10(15)13-8(2)3)21(18,19)9-5-6-20-11(9)12(16)17/h5-6,8H,4,7H2,1-3H3,(H,13,15)(H,16,17). The van der Waals surface area contributed by atoms with Gasteiger partial charge in [-0.1, -0.05) is 6.92 Å². The van der Waals surface area contributed by atoms with Gasteiger partial charge in [-0.25, -0.2) is 13.2 Å². The molecule has 0 unspecified atom stereocenters. The predicted octanol–water partition coefficient (Wildman–Crippen LogP) is 0.981. The zero-order valence-corrected chi connectivity index (χ0v) is 13.6. The van der Waals surface area contributed by atoms with Gasteiger partial charge in [0.15, 0.2) is 0 Å². The second-order valence-corrected chi connectivity index (χ2v) is 7.40. The van der Waals surface area contributed by atoms with E-state index in [9.17, 15) is 18.0 Å². The molecule has 0 saturated heterocycles. The van der Waals surface area contributed by atoms with Gasteiger partial charge in [0.05, 0.1) is 6.54 Å². The highest BCUT2D eigenvalue weighted by atomic mass is 32.2. The highest BCUT2D eigenvalue weighted by molar-refractivity contribution is 7.89. The summed E-state index contributed by atoms with van der Waals surface area (Å²) in [5.74, 6) is -1.73. The number of carboxylic acids is 1. The van der Waals surface area contributed by atoms with Gasteiger partial charge in [-0.2, -0.15) is 4.31 Å². The lowest BCUT2D eigenvalue weighted by atomic mass is 10.4. The molecule has 0 saturated carbocycles. The first-order valence-corrected chi connectivity index (χ1v) is 8.62. The van der Waals surface area contributed by atoms with Crippen molar-refractivity contribution in [3.63, 3.8) is 0 Å². The summed E-state index contributed by atoms with van der Waals surface area (Å²) in [6.07, 6.45) is 0. The van der Waals surface area contributed by atoms with E-state index < -0.39 is 21.9 Å². The molecule has 1 amide bonds. The molecule has 0 atom stereocenters. The topological polar surface area (TPSA) is 104 Å². The zero-order valence-electron chi connectivity index (χ0n) is 12.0. The summed E-state index contributed by atoms with van der Waals surface area (Å²) in [6, 6.07) is 1.14. The second-order valence-electron chi connectivity index (χ2n) is 4.57. The maximum atomic E-state index is 12.5. The van der Waals surface area contributed by atoms with Crippen LogP contribution in [-0.4, -0.2) is 48.8 Å². The lowest BCUT2D eigenvalue weighted by Gasteiger charge is -2.20. The molecule has 21 heavy (non-hydrogen) atoms. The lowest BCUT2D eigenvalue weighted by molar-refractivity contribution is -0.121. The molecule has 0 radical (unpaired) electrons. The van der Waals surface area contributed by atoms with E-state index in [1.807, 2.05) is 0 Å². The lowest BCUT2D eigenvalue weighted by Crippen LogP contribution is -2.42. The van der Waals surface area contributed by atoms with Crippen LogP contribution in [0.25, 0.3) is 0 Å². The fraction of sp³-hybridized carbons (Fsp3) is 0.500. The Hall–Kier alpha value is -1.45. The van der Waals surface area contributed by atoms with Gasteiger partial charge >= 0.3 is 5.97 Å². The average molecular weight is 334 g/mol. The van der Waals surface area contributed by atoms with Gasteiger partial charge in [0.2, 0.25) is 15.9 Å². The predicted molar refractivity (Wildman–Crippen MR) is 79.0 cm³/mol. The number of rotatable bonds is 7. The summed E-state index contributed by atoms with van der Waals surface area (Å²) in [5, 5.41) is 13.0. The van der Waals surface area contributed by atoms with Gasteiger partial charge in [-0.3, -0.25) is 4.79 Å². The van der Waals surface area contributed by atoms with Crippen LogP contribution >= 0.6 is 11.3 Å². The first-order valence-electron chi connectivity index (χ1n) is 6.30. The third-order valence-electron chi connectivity index (χ3n) is 2.56. The van der Waals surface area contributed by atoms with E-state index in [1.54, 1.807) is 20.8 Å². The van der Waals surface area contributed by atoms with Crippen molar-refractivity contribution < 1.29 is 23.1 Å². The van der Waals surface area contributed by atoms with Crippen LogP contribution in [0.2, 0.25) is 0 Å².